The number of ether oxygens (including phenoxy) is 8. The number of carbonyl (C=O) groups is 5. The van der Waals surface area contributed by atoms with Gasteiger partial charge in [0.05, 0.1) is 31.3 Å². The molecule has 1 unspecified atom stereocenters. The molecule has 1 amide bonds. The van der Waals surface area contributed by atoms with E-state index in [9.17, 15) is 29.1 Å². The summed E-state index contributed by atoms with van der Waals surface area (Å²) in [6.45, 7) is 10.5. The zero-order chi connectivity index (χ0) is 54.6. The van der Waals surface area contributed by atoms with Gasteiger partial charge in [0, 0.05) is 97.5 Å². The predicted octanol–water partition coefficient (Wildman–Crippen LogP) is 6.89. The van der Waals surface area contributed by atoms with Crippen molar-refractivity contribution < 1.29 is 80.2 Å². The molecule has 412 valence electrons. The molecule has 1 aliphatic heterocycles. The van der Waals surface area contributed by atoms with Crippen molar-refractivity contribution in [1.82, 2.24) is 19.9 Å². The maximum absolute atomic E-state index is 13.8. The lowest BCUT2D eigenvalue weighted by Crippen LogP contribution is -2.42. The SMILES string of the molecule is COC[C@@H](OC)C(=O)O[C@H](CC[C@H](C)C(C[C@@H]1OC(=O)C[C@@H](O)C[C@H](S)CC(=O)[C@H](C)[C@H](OC)c2coc(n2)-c2coc(n2)-c2coc(n2)/C=C/C[C@H](OC)[C@H]1C)OC)[C@H](C)[C@H](OC(C)=O)[C@H](C)/C=C/N(C)C=O. The number of hydrogen-bond donors (Lipinski definition) is 2. The number of aliphatic hydroxyl groups excluding tert-OH is 1. The van der Waals surface area contributed by atoms with E-state index in [2.05, 4.69) is 27.6 Å². The van der Waals surface area contributed by atoms with Gasteiger partial charge >= 0.3 is 17.9 Å². The van der Waals surface area contributed by atoms with Crippen LogP contribution in [0, 0.1) is 29.6 Å². The summed E-state index contributed by atoms with van der Waals surface area (Å²) in [6, 6.07) is 0. The molecule has 0 aliphatic carbocycles. The van der Waals surface area contributed by atoms with E-state index in [1.165, 1.54) is 51.9 Å². The Hall–Kier alpha value is -5.23. The number of rotatable bonds is 21. The van der Waals surface area contributed by atoms with Crippen LogP contribution in [0.5, 0.6) is 0 Å². The Bertz CT molecular complexity index is 2280. The van der Waals surface area contributed by atoms with Crippen molar-refractivity contribution in [3.05, 3.63) is 48.7 Å². The maximum atomic E-state index is 13.8. The van der Waals surface area contributed by atoms with E-state index in [4.69, 9.17) is 51.1 Å². The second-order valence-electron chi connectivity index (χ2n) is 19.0. The average molecular weight is 1060 g/mol. The molecular weight excluding hydrogens is 985 g/mol. The first-order chi connectivity index (χ1) is 35.3. The Labute approximate surface area is 438 Å². The smallest absolute Gasteiger partial charge is 0.337 e. The second kappa shape index (κ2) is 30.4. The molecule has 3 aromatic heterocycles. The number of amides is 1. The van der Waals surface area contributed by atoms with Crippen molar-refractivity contribution in [2.24, 2.45) is 29.6 Å². The monoisotopic (exact) mass is 1060 g/mol. The van der Waals surface area contributed by atoms with Crippen LogP contribution in [-0.4, -0.2) is 152 Å². The minimum atomic E-state index is -1.20. The summed E-state index contributed by atoms with van der Waals surface area (Å²) in [5, 5.41) is 10.6. The summed E-state index contributed by atoms with van der Waals surface area (Å²) in [5.74, 6) is -3.89. The topological polar surface area (TPSA) is 261 Å². The standard InChI is InChI=1S/C52H76N4O17S/c1-29(16-17-42(73-52(62)45(66-11)27-63-8)33(5)48(71-34(6)58)30(2)18-19-56(7)28-57)43(65-10)23-44-32(4)41(64-9)14-13-15-46-53-38(25-68-46)50-55-39(26-70-50)51-54-37(24-69-51)49(67-12)31(3)40(60)22-36(74)20-35(59)21-47(61)72-44/h13,15,18-19,24-26,28-33,35-36,41-45,48-49,59,74H,14,16-17,20-23,27H2,1-12H3/b15-13+,19-18+/t29-,30+,31-,32+,33-,35-,36-,41-,42+,43?,44-,45+,48+,49-/m0/s1. The lowest BCUT2D eigenvalue weighted by atomic mass is 9.83. The highest BCUT2D eigenvalue weighted by molar-refractivity contribution is 7.81. The summed E-state index contributed by atoms with van der Waals surface area (Å²) in [6.07, 6.45) is 5.99. The number of methoxy groups -OCH3 is 5. The van der Waals surface area contributed by atoms with Gasteiger partial charge in [-0.2, -0.15) is 12.6 Å². The van der Waals surface area contributed by atoms with E-state index in [1.807, 2.05) is 33.8 Å². The minimum Gasteiger partial charge on any atom is -0.462 e. The molecule has 74 heavy (non-hydrogen) atoms. The highest BCUT2D eigenvalue weighted by atomic mass is 32.1. The number of Topliss-reactive ketones (excluding diaryl/α,β-unsaturated/α-hetero) is 1. The number of nitrogens with zero attached hydrogens (tertiary/aromatic N) is 4. The molecule has 22 heteroatoms. The van der Waals surface area contributed by atoms with Crippen molar-refractivity contribution in [3.8, 4) is 23.2 Å². The quantitative estimate of drug-likeness (QED) is 0.0476. The first-order valence-electron chi connectivity index (χ1n) is 24.7. The van der Waals surface area contributed by atoms with Gasteiger partial charge in [-0.3, -0.25) is 19.2 Å². The molecule has 0 fully saturated rings. The molecule has 0 saturated heterocycles. The van der Waals surface area contributed by atoms with E-state index >= 15 is 0 Å². The molecular formula is C52H76N4O17S. The Morgan fingerprint density at radius 3 is 2.24 bits per heavy atom. The van der Waals surface area contributed by atoms with Crippen LogP contribution in [0.1, 0.15) is 104 Å². The highest BCUT2D eigenvalue weighted by Gasteiger charge is 2.38. The number of aliphatic hydroxyl groups is 1. The number of ketones is 1. The van der Waals surface area contributed by atoms with Crippen molar-refractivity contribution in [3.63, 3.8) is 0 Å². The number of oxazole rings is 3. The molecule has 1 N–H and O–H groups in total. The van der Waals surface area contributed by atoms with Crippen molar-refractivity contribution in [2.45, 2.75) is 141 Å². The van der Waals surface area contributed by atoms with Crippen LogP contribution in [0.2, 0.25) is 0 Å². The van der Waals surface area contributed by atoms with Gasteiger partial charge in [-0.05, 0) is 37.7 Å². The third-order valence-electron chi connectivity index (χ3n) is 13.4. The van der Waals surface area contributed by atoms with Crippen molar-refractivity contribution in [1.29, 1.82) is 0 Å². The Kier molecular flexibility index (Phi) is 25.2. The number of hydrogen-bond acceptors (Lipinski definition) is 21. The van der Waals surface area contributed by atoms with Crippen LogP contribution in [0.3, 0.4) is 0 Å². The Morgan fingerprint density at radius 2 is 1.59 bits per heavy atom. The lowest BCUT2D eigenvalue weighted by Gasteiger charge is -2.35. The van der Waals surface area contributed by atoms with Crippen molar-refractivity contribution >= 4 is 48.8 Å². The van der Waals surface area contributed by atoms with Gasteiger partial charge in [0.1, 0.15) is 54.7 Å². The van der Waals surface area contributed by atoms with Crippen molar-refractivity contribution in [2.75, 3.05) is 49.2 Å². The summed E-state index contributed by atoms with van der Waals surface area (Å²) in [7, 11) is 8.96. The highest BCUT2D eigenvalue weighted by Crippen LogP contribution is 2.34. The number of fused-ring (bicyclic) bond motifs is 8. The first kappa shape index (κ1) is 61.3. The fourth-order valence-electron chi connectivity index (χ4n) is 8.94. The Morgan fingerprint density at radius 1 is 0.905 bits per heavy atom. The fourth-order valence-corrected chi connectivity index (χ4v) is 9.36. The van der Waals surface area contributed by atoms with Crippen LogP contribution in [0.25, 0.3) is 29.2 Å². The summed E-state index contributed by atoms with van der Waals surface area (Å²) in [4.78, 5) is 79.6. The van der Waals surface area contributed by atoms with Gasteiger partial charge in [0.15, 0.2) is 17.5 Å². The summed E-state index contributed by atoms with van der Waals surface area (Å²) < 4.78 is 63.7. The van der Waals surface area contributed by atoms with Crippen LogP contribution in [0.15, 0.2) is 50.4 Å². The van der Waals surface area contributed by atoms with E-state index in [-0.39, 0.29) is 73.8 Å². The van der Waals surface area contributed by atoms with Gasteiger partial charge in [-0.1, -0.05) is 46.8 Å². The molecule has 0 aromatic carbocycles. The van der Waals surface area contributed by atoms with Gasteiger partial charge in [0.25, 0.3) is 0 Å². The van der Waals surface area contributed by atoms with Gasteiger partial charge < -0.3 is 61.2 Å². The fraction of sp³-hybridized carbons (Fsp3) is 0.654. The zero-order valence-electron chi connectivity index (χ0n) is 44.6. The summed E-state index contributed by atoms with van der Waals surface area (Å²) >= 11 is 4.63. The Balaban J connectivity index is 1.63. The molecule has 0 spiro atoms. The average Bonchev–Trinajstić information content (AvgIpc) is 4.17. The molecule has 6 bridgehead atoms. The largest absolute Gasteiger partial charge is 0.462 e. The normalized spacial score (nSPS) is 24.8. The molecule has 0 saturated carbocycles. The molecule has 21 nitrogen and oxygen atoms in total. The van der Waals surface area contributed by atoms with E-state index < -0.39 is 95.7 Å². The molecule has 0 radical (unpaired) electrons. The van der Waals surface area contributed by atoms with Gasteiger partial charge in [0.2, 0.25) is 24.1 Å². The third kappa shape index (κ3) is 18.0. The first-order valence-corrected chi connectivity index (χ1v) is 25.2. The third-order valence-corrected chi connectivity index (χ3v) is 13.8. The maximum Gasteiger partial charge on any atom is 0.337 e. The van der Waals surface area contributed by atoms with E-state index in [0.717, 1.165) is 0 Å². The number of esters is 3. The number of carbonyl (C=O) groups excluding carboxylic acids is 5. The molecule has 14 atom stereocenters. The van der Waals surface area contributed by atoms with Gasteiger partial charge in [-0.15, -0.1) is 0 Å². The lowest BCUT2D eigenvalue weighted by molar-refractivity contribution is -0.173. The number of aromatic nitrogens is 3. The zero-order valence-corrected chi connectivity index (χ0v) is 45.5. The molecule has 1 aliphatic rings. The molecule has 4 heterocycles. The van der Waals surface area contributed by atoms with Crippen LogP contribution < -0.4 is 0 Å². The van der Waals surface area contributed by atoms with E-state index in [0.29, 0.717) is 30.6 Å². The number of cyclic esters (lactones) is 1. The van der Waals surface area contributed by atoms with Crippen LogP contribution in [0.4, 0.5) is 0 Å². The number of thiol groups is 1. The minimum absolute atomic E-state index is 0.00663. The molecule has 3 aromatic rings. The van der Waals surface area contributed by atoms with E-state index in [1.54, 1.807) is 46.5 Å². The predicted molar refractivity (Wildman–Crippen MR) is 271 cm³/mol. The van der Waals surface area contributed by atoms with Crippen LogP contribution >= 0.6 is 12.6 Å². The van der Waals surface area contributed by atoms with Crippen LogP contribution in [-0.2, 0) is 61.9 Å². The summed E-state index contributed by atoms with van der Waals surface area (Å²) in [5.41, 5.74) is 0.957. The second-order valence-corrected chi connectivity index (χ2v) is 19.7. The molecule has 4 rings (SSSR count). The van der Waals surface area contributed by atoms with Gasteiger partial charge in [-0.25, -0.2) is 19.7 Å².